The van der Waals surface area contributed by atoms with Gasteiger partial charge in [0.05, 0.1) is 0 Å². The predicted octanol–water partition coefficient (Wildman–Crippen LogP) is 5.15. The first-order valence-corrected chi connectivity index (χ1v) is 10.1. The first kappa shape index (κ1) is 16.2. The summed E-state index contributed by atoms with van der Waals surface area (Å²) in [5, 5.41) is 3.80. The lowest BCUT2D eigenvalue weighted by molar-refractivity contribution is 0.105. The van der Waals surface area contributed by atoms with Crippen molar-refractivity contribution < 1.29 is 4.79 Å². The van der Waals surface area contributed by atoms with Gasteiger partial charge < -0.3 is 0 Å². The third-order valence-electron chi connectivity index (χ3n) is 4.04. The van der Waals surface area contributed by atoms with Crippen LogP contribution >= 0.6 is 11.3 Å². The number of thiophene rings is 1. The Morgan fingerprint density at radius 1 is 1.11 bits per heavy atom. The van der Waals surface area contributed by atoms with Crippen LogP contribution in [0.5, 0.6) is 0 Å². The first-order valence-electron chi connectivity index (χ1n) is 6.92. The van der Waals surface area contributed by atoms with Crippen molar-refractivity contribution >= 4 is 25.2 Å². The van der Waals surface area contributed by atoms with E-state index in [9.17, 15) is 4.79 Å². The molecule has 0 bridgehead atoms. The number of carbonyl (C=O) groups excluding carboxylic acids is 1. The van der Waals surface area contributed by atoms with Crippen LogP contribution in [0.1, 0.15) is 51.9 Å². The summed E-state index contributed by atoms with van der Waals surface area (Å²) in [6, 6.07) is 1.85. The van der Waals surface area contributed by atoms with Gasteiger partial charge in [-0.2, -0.15) is 11.3 Å². The lowest BCUT2D eigenvalue weighted by atomic mass is 10.2. The molecule has 0 aliphatic carbocycles. The quantitative estimate of drug-likeness (QED) is 0.426. The van der Waals surface area contributed by atoms with E-state index in [1.54, 1.807) is 11.3 Å². The number of carbonyl (C=O) groups is 1. The molecule has 0 amide bonds. The van der Waals surface area contributed by atoms with E-state index < -0.39 is 8.07 Å². The van der Waals surface area contributed by atoms with Crippen molar-refractivity contribution in [1.29, 1.82) is 0 Å². The molecule has 19 heavy (non-hydrogen) atoms. The van der Waals surface area contributed by atoms with E-state index in [0.29, 0.717) is 16.6 Å². The smallest absolute Gasteiger partial charge is 0.236 e. The van der Waals surface area contributed by atoms with E-state index in [0.717, 1.165) is 5.56 Å². The molecule has 3 heteroatoms. The van der Waals surface area contributed by atoms with Crippen LogP contribution in [0.2, 0.25) is 16.6 Å². The van der Waals surface area contributed by atoms with E-state index >= 15 is 0 Å². The van der Waals surface area contributed by atoms with Gasteiger partial charge in [-0.25, -0.2) is 0 Å². The Labute approximate surface area is 122 Å². The molecule has 0 fully saturated rings. The highest BCUT2D eigenvalue weighted by atomic mass is 32.1. The lowest BCUT2D eigenvalue weighted by Crippen LogP contribution is -2.43. The Hall–Kier alpha value is -0.853. The Morgan fingerprint density at radius 2 is 1.63 bits per heavy atom. The largest absolute Gasteiger partial charge is 0.279 e. The van der Waals surface area contributed by atoms with Gasteiger partial charge in [0, 0.05) is 10.9 Å². The van der Waals surface area contributed by atoms with Gasteiger partial charge in [-0.15, -0.1) is 5.54 Å². The third kappa shape index (κ3) is 3.37. The van der Waals surface area contributed by atoms with Gasteiger partial charge in [0.1, 0.15) is 8.07 Å². The molecule has 0 N–H and O–H groups in total. The maximum Gasteiger partial charge on any atom is 0.236 e. The number of rotatable bonds is 4. The summed E-state index contributed by atoms with van der Waals surface area (Å²) in [4.78, 5) is 12.1. The highest BCUT2D eigenvalue weighted by Gasteiger charge is 2.41. The zero-order chi connectivity index (χ0) is 14.6. The zero-order valence-electron chi connectivity index (χ0n) is 12.8. The molecular weight excluding hydrogens is 268 g/mol. The standard InChI is InChI=1S/C16H24OSSi/c1-12(2)19(13(3)4,14(5)6)10-8-16(17)15-7-9-18-11-15/h7,9,11-14H,1-6H3. The predicted molar refractivity (Wildman–Crippen MR) is 87.5 cm³/mol. The number of ketones is 1. The minimum Gasteiger partial charge on any atom is -0.279 e. The highest BCUT2D eigenvalue weighted by molar-refractivity contribution is 7.08. The minimum atomic E-state index is -1.78. The fourth-order valence-corrected chi connectivity index (χ4v) is 8.90. The van der Waals surface area contributed by atoms with Gasteiger partial charge in [0.2, 0.25) is 5.78 Å². The van der Waals surface area contributed by atoms with Gasteiger partial charge in [-0.05, 0) is 34.0 Å². The topological polar surface area (TPSA) is 17.1 Å². The van der Waals surface area contributed by atoms with Crippen molar-refractivity contribution in [3.63, 3.8) is 0 Å². The SMILES string of the molecule is CC(C)[Si](C#CC(=O)c1ccsc1)(C(C)C)C(C)C. The highest BCUT2D eigenvalue weighted by Crippen LogP contribution is 2.40. The zero-order valence-corrected chi connectivity index (χ0v) is 14.6. The molecule has 1 rings (SSSR count). The van der Waals surface area contributed by atoms with Gasteiger partial charge in [-0.3, -0.25) is 4.79 Å². The molecule has 1 heterocycles. The average Bonchev–Trinajstić information content (AvgIpc) is 2.81. The average molecular weight is 293 g/mol. The third-order valence-corrected chi connectivity index (χ3v) is 11.0. The maximum atomic E-state index is 12.1. The van der Waals surface area contributed by atoms with Crippen LogP contribution in [0, 0.1) is 11.5 Å². The summed E-state index contributed by atoms with van der Waals surface area (Å²) >= 11 is 1.54. The Morgan fingerprint density at radius 3 is 2.00 bits per heavy atom. The maximum absolute atomic E-state index is 12.1. The summed E-state index contributed by atoms with van der Waals surface area (Å²) in [6.45, 7) is 13.6. The molecule has 0 unspecified atom stereocenters. The van der Waals surface area contributed by atoms with E-state index in [1.807, 2.05) is 16.8 Å². The van der Waals surface area contributed by atoms with Gasteiger partial charge in [-0.1, -0.05) is 41.5 Å². The van der Waals surface area contributed by atoms with Crippen molar-refractivity contribution in [3.05, 3.63) is 22.4 Å². The van der Waals surface area contributed by atoms with Crippen LogP contribution < -0.4 is 0 Å². The molecule has 0 aromatic carbocycles. The van der Waals surface area contributed by atoms with Crippen LogP contribution in [0.4, 0.5) is 0 Å². The van der Waals surface area contributed by atoms with E-state index in [4.69, 9.17) is 0 Å². The molecule has 1 aromatic rings. The summed E-state index contributed by atoms with van der Waals surface area (Å²) < 4.78 is 0. The second-order valence-electron chi connectivity index (χ2n) is 5.99. The fourth-order valence-electron chi connectivity index (χ4n) is 3.06. The summed E-state index contributed by atoms with van der Waals surface area (Å²) in [5.74, 6) is 2.92. The van der Waals surface area contributed by atoms with Crippen molar-refractivity contribution in [3.8, 4) is 11.5 Å². The van der Waals surface area contributed by atoms with E-state index in [1.165, 1.54) is 0 Å². The van der Waals surface area contributed by atoms with Crippen molar-refractivity contribution in [1.82, 2.24) is 0 Å². The molecular formula is C16H24OSSi. The minimum absolute atomic E-state index is 0.0277. The summed E-state index contributed by atoms with van der Waals surface area (Å²) in [6.07, 6.45) is 0. The van der Waals surface area contributed by atoms with Gasteiger partial charge in [0.15, 0.2) is 0 Å². The van der Waals surface area contributed by atoms with E-state index in [-0.39, 0.29) is 5.78 Å². The number of Topliss-reactive ketones (excluding diaryl/α,β-unsaturated/α-hetero) is 1. The molecule has 0 aliphatic heterocycles. The fraction of sp³-hybridized carbons (Fsp3) is 0.562. The Kier molecular flexibility index (Phi) is 5.58. The monoisotopic (exact) mass is 292 g/mol. The number of hydrogen-bond donors (Lipinski definition) is 0. The molecule has 1 nitrogen and oxygen atoms in total. The van der Waals surface area contributed by atoms with Crippen molar-refractivity contribution in [2.45, 2.75) is 58.2 Å². The molecule has 104 valence electrons. The van der Waals surface area contributed by atoms with Crippen LogP contribution in [-0.4, -0.2) is 13.9 Å². The van der Waals surface area contributed by atoms with Crippen molar-refractivity contribution in [2.75, 3.05) is 0 Å². The second-order valence-corrected chi connectivity index (χ2v) is 12.3. The van der Waals surface area contributed by atoms with Crippen LogP contribution in [0.3, 0.4) is 0 Å². The normalized spacial score (nSPS) is 11.8. The summed E-state index contributed by atoms with van der Waals surface area (Å²) in [5.41, 5.74) is 5.89. The molecule has 0 saturated carbocycles. The molecule has 0 saturated heterocycles. The van der Waals surface area contributed by atoms with Gasteiger partial charge in [0.25, 0.3) is 0 Å². The van der Waals surface area contributed by atoms with Crippen LogP contribution in [0.15, 0.2) is 16.8 Å². The molecule has 0 aliphatic rings. The molecule has 1 aromatic heterocycles. The summed E-state index contributed by atoms with van der Waals surface area (Å²) in [7, 11) is -1.78. The molecule has 0 radical (unpaired) electrons. The van der Waals surface area contributed by atoms with E-state index in [2.05, 4.69) is 53.0 Å². The first-order chi connectivity index (χ1) is 8.82. The van der Waals surface area contributed by atoms with Crippen molar-refractivity contribution in [2.24, 2.45) is 0 Å². The second kappa shape index (κ2) is 6.54. The molecule has 0 atom stereocenters. The van der Waals surface area contributed by atoms with Gasteiger partial charge >= 0.3 is 0 Å². The lowest BCUT2D eigenvalue weighted by Gasteiger charge is -2.37. The Bertz CT molecular complexity index is 453. The molecule has 0 spiro atoms. The van der Waals surface area contributed by atoms with Crippen LogP contribution in [-0.2, 0) is 0 Å². The number of hydrogen-bond acceptors (Lipinski definition) is 2. The Balaban J connectivity index is 3.13. The van der Waals surface area contributed by atoms with Crippen LogP contribution in [0.25, 0.3) is 0 Å².